The zero-order chi connectivity index (χ0) is 14.9. The molecule has 2 N–H and O–H groups in total. The van der Waals surface area contributed by atoms with Crippen molar-refractivity contribution in [1.82, 2.24) is 5.32 Å². The third kappa shape index (κ3) is 3.00. The molecule has 1 unspecified atom stereocenters. The number of carbonyl (C=O) groups is 1. The molecule has 21 heavy (non-hydrogen) atoms. The molecule has 1 heterocycles. The maximum Gasteiger partial charge on any atom is 0.228 e. The van der Waals surface area contributed by atoms with E-state index in [0.29, 0.717) is 6.61 Å². The van der Waals surface area contributed by atoms with Crippen LogP contribution in [0.5, 0.6) is 0 Å². The van der Waals surface area contributed by atoms with Crippen molar-refractivity contribution >= 4 is 27.5 Å². The Morgan fingerprint density at radius 3 is 2.95 bits per heavy atom. The zero-order valence-corrected chi connectivity index (χ0v) is 13.8. The van der Waals surface area contributed by atoms with Gasteiger partial charge >= 0.3 is 0 Å². The fraction of sp³-hybridized carbons (Fsp3) is 0.562. The van der Waals surface area contributed by atoms with Gasteiger partial charge in [-0.25, -0.2) is 0 Å². The number of nitrogens with one attached hydrogen (secondary N) is 2. The second-order valence-electron chi connectivity index (χ2n) is 6.06. The first-order valence-electron chi connectivity index (χ1n) is 7.44. The van der Waals surface area contributed by atoms with Gasteiger partial charge in [0, 0.05) is 28.8 Å². The van der Waals surface area contributed by atoms with Crippen molar-refractivity contribution in [3.05, 3.63) is 28.2 Å². The molecule has 1 aromatic carbocycles. The lowest BCUT2D eigenvalue weighted by atomic mass is 9.91. The lowest BCUT2D eigenvalue weighted by Gasteiger charge is -2.23. The van der Waals surface area contributed by atoms with Gasteiger partial charge in [-0.15, -0.1) is 0 Å². The molecule has 1 amide bonds. The van der Waals surface area contributed by atoms with E-state index in [4.69, 9.17) is 4.74 Å². The minimum Gasteiger partial charge on any atom is -0.380 e. The summed E-state index contributed by atoms with van der Waals surface area (Å²) in [5.74, 6) is 0.335. The molecule has 1 atom stereocenters. The van der Waals surface area contributed by atoms with Crippen molar-refractivity contribution in [2.45, 2.75) is 25.9 Å². The van der Waals surface area contributed by atoms with Crippen LogP contribution in [0.2, 0.25) is 0 Å². The number of carbonyl (C=O) groups excluding carboxylic acids is 1. The Labute approximate surface area is 133 Å². The highest BCUT2D eigenvalue weighted by Gasteiger charge is 2.57. The molecule has 4 nitrogen and oxygen atoms in total. The summed E-state index contributed by atoms with van der Waals surface area (Å²) in [7, 11) is 1.66. The van der Waals surface area contributed by atoms with Crippen molar-refractivity contribution in [2.75, 3.05) is 25.5 Å². The van der Waals surface area contributed by atoms with Crippen LogP contribution in [0.1, 0.15) is 24.8 Å². The number of methoxy groups -OCH3 is 1. The van der Waals surface area contributed by atoms with E-state index in [0.717, 1.165) is 48.1 Å². The standard InChI is InChI=1S/C16H21BrN2O2/c1-21-10-11-13(17)3-2-4-14(11)19-15(20)12-9-16(12)5-7-18-8-6-16/h2-4,12,18H,5-10H2,1H3,(H,19,20). The second-order valence-corrected chi connectivity index (χ2v) is 6.91. The van der Waals surface area contributed by atoms with Crippen LogP contribution in [0.4, 0.5) is 5.69 Å². The molecule has 1 saturated carbocycles. The van der Waals surface area contributed by atoms with Crippen LogP contribution >= 0.6 is 15.9 Å². The summed E-state index contributed by atoms with van der Waals surface area (Å²) >= 11 is 3.52. The number of ether oxygens (including phenoxy) is 1. The fourth-order valence-corrected chi connectivity index (χ4v) is 3.86. The largest absolute Gasteiger partial charge is 0.380 e. The summed E-state index contributed by atoms with van der Waals surface area (Å²) < 4.78 is 6.19. The van der Waals surface area contributed by atoms with Crippen LogP contribution in [0, 0.1) is 11.3 Å². The molecule has 2 aliphatic rings. The first kappa shape index (κ1) is 15.0. The molecule has 2 fully saturated rings. The quantitative estimate of drug-likeness (QED) is 0.875. The van der Waals surface area contributed by atoms with Crippen molar-refractivity contribution in [2.24, 2.45) is 11.3 Å². The molecule has 0 aromatic heterocycles. The van der Waals surface area contributed by atoms with Gasteiger partial charge in [-0.3, -0.25) is 4.79 Å². The van der Waals surface area contributed by atoms with Gasteiger partial charge in [0.25, 0.3) is 0 Å². The van der Waals surface area contributed by atoms with Crippen LogP contribution < -0.4 is 10.6 Å². The Morgan fingerprint density at radius 2 is 2.24 bits per heavy atom. The van der Waals surface area contributed by atoms with E-state index >= 15 is 0 Å². The van der Waals surface area contributed by atoms with Crippen LogP contribution in [-0.4, -0.2) is 26.1 Å². The Kier molecular flexibility index (Phi) is 4.33. The van der Waals surface area contributed by atoms with Gasteiger partial charge in [0.15, 0.2) is 0 Å². The average molecular weight is 353 g/mol. The number of hydrogen-bond donors (Lipinski definition) is 2. The van der Waals surface area contributed by atoms with E-state index in [1.807, 2.05) is 18.2 Å². The summed E-state index contributed by atoms with van der Waals surface area (Å²) in [5, 5.41) is 6.47. The summed E-state index contributed by atoms with van der Waals surface area (Å²) in [5.41, 5.74) is 2.11. The van der Waals surface area contributed by atoms with E-state index in [2.05, 4.69) is 26.6 Å². The summed E-state index contributed by atoms with van der Waals surface area (Å²) in [6, 6.07) is 5.84. The molecule has 5 heteroatoms. The molecule has 0 radical (unpaired) electrons. The molecule has 1 saturated heterocycles. The van der Waals surface area contributed by atoms with E-state index in [1.165, 1.54) is 0 Å². The Bertz CT molecular complexity index is 541. The zero-order valence-electron chi connectivity index (χ0n) is 12.2. The minimum absolute atomic E-state index is 0.160. The number of piperidine rings is 1. The molecule has 1 aliphatic heterocycles. The maximum absolute atomic E-state index is 12.5. The first-order valence-corrected chi connectivity index (χ1v) is 8.23. The van der Waals surface area contributed by atoms with Crippen LogP contribution in [0.15, 0.2) is 22.7 Å². The van der Waals surface area contributed by atoms with Crippen molar-refractivity contribution in [1.29, 1.82) is 0 Å². The van der Waals surface area contributed by atoms with Gasteiger partial charge in [-0.05, 0) is 49.9 Å². The van der Waals surface area contributed by atoms with Gasteiger partial charge < -0.3 is 15.4 Å². The average Bonchev–Trinajstić information content (AvgIpc) is 3.17. The highest BCUT2D eigenvalue weighted by atomic mass is 79.9. The topological polar surface area (TPSA) is 50.4 Å². The molecule has 1 aliphatic carbocycles. The van der Waals surface area contributed by atoms with Crippen molar-refractivity contribution in [3.8, 4) is 0 Å². The van der Waals surface area contributed by atoms with Crippen LogP contribution in [0.25, 0.3) is 0 Å². The number of amides is 1. The molecule has 3 rings (SSSR count). The molecule has 1 spiro atoms. The van der Waals surface area contributed by atoms with Gasteiger partial charge in [0.1, 0.15) is 0 Å². The number of halogens is 1. The SMILES string of the molecule is COCc1c(Br)cccc1NC(=O)C1CC12CCNCC2. The highest BCUT2D eigenvalue weighted by molar-refractivity contribution is 9.10. The molecular formula is C16H21BrN2O2. The third-order valence-corrected chi connectivity index (χ3v) is 5.51. The lowest BCUT2D eigenvalue weighted by Crippen LogP contribution is -2.31. The van der Waals surface area contributed by atoms with E-state index in [1.54, 1.807) is 7.11 Å². The highest BCUT2D eigenvalue weighted by Crippen LogP contribution is 2.58. The Morgan fingerprint density at radius 1 is 1.48 bits per heavy atom. The number of rotatable bonds is 4. The number of anilines is 1. The van der Waals surface area contributed by atoms with Gasteiger partial charge in [0.05, 0.1) is 6.61 Å². The fourth-order valence-electron chi connectivity index (χ4n) is 3.38. The predicted molar refractivity (Wildman–Crippen MR) is 86.1 cm³/mol. The number of hydrogen-bond acceptors (Lipinski definition) is 3. The second kappa shape index (κ2) is 6.07. The number of benzene rings is 1. The van der Waals surface area contributed by atoms with Crippen LogP contribution in [0.3, 0.4) is 0 Å². The van der Waals surface area contributed by atoms with Crippen molar-refractivity contribution in [3.63, 3.8) is 0 Å². The van der Waals surface area contributed by atoms with E-state index in [-0.39, 0.29) is 17.2 Å². The first-order chi connectivity index (χ1) is 10.2. The maximum atomic E-state index is 12.5. The normalized spacial score (nSPS) is 23.0. The van der Waals surface area contributed by atoms with Gasteiger partial charge in [0.2, 0.25) is 5.91 Å². The summed E-state index contributed by atoms with van der Waals surface area (Å²) in [6.07, 6.45) is 3.27. The Hall–Kier alpha value is -0.910. The van der Waals surface area contributed by atoms with E-state index < -0.39 is 0 Å². The molecule has 114 valence electrons. The molecular weight excluding hydrogens is 332 g/mol. The van der Waals surface area contributed by atoms with Gasteiger partial charge in [-0.1, -0.05) is 22.0 Å². The summed E-state index contributed by atoms with van der Waals surface area (Å²) in [6.45, 7) is 2.56. The monoisotopic (exact) mass is 352 g/mol. The lowest BCUT2D eigenvalue weighted by molar-refractivity contribution is -0.118. The smallest absolute Gasteiger partial charge is 0.228 e. The molecule has 0 bridgehead atoms. The van der Waals surface area contributed by atoms with Gasteiger partial charge in [-0.2, -0.15) is 0 Å². The minimum atomic E-state index is 0.160. The van der Waals surface area contributed by atoms with Crippen LogP contribution in [-0.2, 0) is 16.1 Å². The predicted octanol–water partition coefficient (Wildman–Crippen LogP) is 2.92. The molecule has 1 aromatic rings. The van der Waals surface area contributed by atoms with E-state index in [9.17, 15) is 4.79 Å². The summed E-state index contributed by atoms with van der Waals surface area (Å²) in [4.78, 5) is 12.5. The Balaban J connectivity index is 1.70. The van der Waals surface area contributed by atoms with Crippen molar-refractivity contribution < 1.29 is 9.53 Å². The third-order valence-electron chi connectivity index (χ3n) is 4.77.